The molecule has 0 bridgehead atoms. The van der Waals surface area contributed by atoms with Gasteiger partial charge < -0.3 is 43.6 Å². The van der Waals surface area contributed by atoms with Gasteiger partial charge in [0.15, 0.2) is 30.6 Å². The first-order valence-electron chi connectivity index (χ1n) is 14.6. The number of aliphatic carboxylic acids is 1. The molecule has 1 saturated heterocycles. The Hall–Kier alpha value is -5.02. The first kappa shape index (κ1) is 34.8. The van der Waals surface area contributed by atoms with E-state index in [0.29, 0.717) is 0 Å². The minimum Gasteiger partial charge on any atom is -0.480 e. The molecule has 15 heteroatoms. The van der Waals surface area contributed by atoms with Crippen LogP contribution in [0.2, 0.25) is 0 Å². The van der Waals surface area contributed by atoms with Gasteiger partial charge in [-0.1, -0.05) is 48.5 Å². The Bertz CT molecular complexity index is 1460. The van der Waals surface area contributed by atoms with E-state index in [1.807, 2.05) is 48.5 Å². The number of hydrogen-bond donors (Lipinski definition) is 2. The van der Waals surface area contributed by atoms with Crippen molar-refractivity contribution < 1.29 is 67.0 Å². The summed E-state index contributed by atoms with van der Waals surface area (Å²) in [5.74, 6) is -5.01. The summed E-state index contributed by atoms with van der Waals surface area (Å²) in [6.07, 6.45) is -8.49. The van der Waals surface area contributed by atoms with Crippen molar-refractivity contribution in [2.75, 3.05) is 19.8 Å². The number of carboxylic acids is 1. The van der Waals surface area contributed by atoms with Gasteiger partial charge in [0.05, 0.1) is 6.61 Å². The van der Waals surface area contributed by atoms with Crippen LogP contribution in [0.4, 0.5) is 4.79 Å². The van der Waals surface area contributed by atoms with Gasteiger partial charge in [-0.15, -0.1) is 0 Å². The van der Waals surface area contributed by atoms with Gasteiger partial charge in [0.25, 0.3) is 0 Å². The van der Waals surface area contributed by atoms with E-state index in [2.05, 4.69) is 5.32 Å². The molecule has 0 spiro atoms. The zero-order valence-corrected chi connectivity index (χ0v) is 26.0. The Labute approximate surface area is 269 Å². The molecule has 2 aromatic rings. The van der Waals surface area contributed by atoms with Gasteiger partial charge in [-0.05, 0) is 22.3 Å². The van der Waals surface area contributed by atoms with Crippen LogP contribution in [0, 0.1) is 0 Å². The van der Waals surface area contributed by atoms with Crippen LogP contribution < -0.4 is 5.32 Å². The van der Waals surface area contributed by atoms with Crippen LogP contribution in [-0.4, -0.2) is 97.6 Å². The summed E-state index contributed by atoms with van der Waals surface area (Å²) < 4.78 is 37.9. The molecule has 0 aromatic heterocycles. The van der Waals surface area contributed by atoms with Crippen LogP contribution >= 0.6 is 0 Å². The highest BCUT2D eigenvalue weighted by Gasteiger charge is 2.53. The molecule has 2 N–H and O–H groups in total. The van der Waals surface area contributed by atoms with E-state index >= 15 is 0 Å². The van der Waals surface area contributed by atoms with Crippen molar-refractivity contribution in [1.29, 1.82) is 0 Å². The molecule has 1 aliphatic heterocycles. The Balaban J connectivity index is 1.48. The molecule has 252 valence electrons. The largest absolute Gasteiger partial charge is 0.480 e. The summed E-state index contributed by atoms with van der Waals surface area (Å²) in [4.78, 5) is 72.4. The molecule has 0 saturated carbocycles. The fourth-order valence-corrected chi connectivity index (χ4v) is 5.47. The first-order chi connectivity index (χ1) is 22.3. The number of carboxylic acid groups (broad SMARTS) is 1. The summed E-state index contributed by atoms with van der Waals surface area (Å²) in [5, 5.41) is 12.1. The van der Waals surface area contributed by atoms with Crippen molar-refractivity contribution in [3.63, 3.8) is 0 Å². The predicted molar refractivity (Wildman–Crippen MR) is 158 cm³/mol. The quantitative estimate of drug-likeness (QED) is 0.248. The predicted octanol–water partition coefficient (Wildman–Crippen LogP) is 2.08. The van der Waals surface area contributed by atoms with E-state index in [0.717, 1.165) is 49.9 Å². The number of fused-ring (bicyclic) bond motifs is 3. The van der Waals surface area contributed by atoms with Crippen molar-refractivity contribution in [3.8, 4) is 11.1 Å². The molecule has 0 radical (unpaired) electrons. The third-order valence-electron chi connectivity index (χ3n) is 7.31. The smallest absolute Gasteiger partial charge is 0.407 e. The molecule has 1 amide bonds. The van der Waals surface area contributed by atoms with E-state index in [4.69, 9.17) is 33.2 Å². The molecule has 47 heavy (non-hydrogen) atoms. The van der Waals surface area contributed by atoms with Crippen molar-refractivity contribution in [2.24, 2.45) is 0 Å². The molecule has 2 aromatic carbocycles. The SMILES string of the molecule is CC(=O)OC[C@@H]1O[C@H](OC[C@H](NC(=O)OCC2c3ccccc3-c3ccccc32)C(=O)O)[C@@H](OC(C)=O)[C@H](OC(C)=O)[C@H]1OC(C)=O. The van der Waals surface area contributed by atoms with Crippen molar-refractivity contribution >= 4 is 35.9 Å². The Morgan fingerprint density at radius 2 is 1.26 bits per heavy atom. The van der Waals surface area contributed by atoms with Crippen LogP contribution in [-0.2, 0) is 57.1 Å². The average molecular weight is 658 g/mol. The topological polar surface area (TPSA) is 199 Å². The fourth-order valence-electron chi connectivity index (χ4n) is 5.47. The van der Waals surface area contributed by atoms with E-state index < -0.39 is 85.9 Å². The number of alkyl carbamates (subject to hydrolysis) is 1. The van der Waals surface area contributed by atoms with Gasteiger partial charge >= 0.3 is 35.9 Å². The second-order valence-corrected chi connectivity index (χ2v) is 10.8. The Kier molecular flexibility index (Phi) is 11.5. The number of ether oxygens (including phenoxy) is 7. The minimum atomic E-state index is -1.68. The van der Waals surface area contributed by atoms with Crippen molar-refractivity contribution in [1.82, 2.24) is 5.32 Å². The molecule has 15 nitrogen and oxygen atoms in total. The lowest BCUT2D eigenvalue weighted by molar-refractivity contribution is -0.308. The number of carbonyl (C=O) groups excluding carboxylic acids is 5. The number of hydrogen-bond acceptors (Lipinski definition) is 13. The van der Waals surface area contributed by atoms with Gasteiger partial charge in [0.2, 0.25) is 0 Å². The summed E-state index contributed by atoms with van der Waals surface area (Å²) in [6, 6.07) is 13.7. The van der Waals surface area contributed by atoms with Crippen LogP contribution in [0.15, 0.2) is 48.5 Å². The summed E-state index contributed by atoms with van der Waals surface area (Å²) in [6.45, 7) is 2.98. The number of carbonyl (C=O) groups is 6. The van der Waals surface area contributed by atoms with Gasteiger partial charge in [0.1, 0.15) is 19.3 Å². The van der Waals surface area contributed by atoms with Gasteiger partial charge in [-0.2, -0.15) is 0 Å². The molecular weight excluding hydrogens is 622 g/mol. The lowest BCUT2D eigenvalue weighted by atomic mass is 9.98. The molecule has 2 aliphatic rings. The molecule has 0 unspecified atom stereocenters. The van der Waals surface area contributed by atoms with Crippen LogP contribution in [0.3, 0.4) is 0 Å². The molecule has 6 atom stereocenters. The zero-order chi connectivity index (χ0) is 34.2. The summed E-state index contributed by atoms with van der Waals surface area (Å²) in [7, 11) is 0. The van der Waals surface area contributed by atoms with Gasteiger partial charge in [-0.25, -0.2) is 9.59 Å². The monoisotopic (exact) mass is 657 g/mol. The molecule has 1 heterocycles. The van der Waals surface area contributed by atoms with E-state index in [1.165, 1.54) is 0 Å². The molecule has 4 rings (SSSR count). The first-order valence-corrected chi connectivity index (χ1v) is 14.6. The Morgan fingerprint density at radius 1 is 0.723 bits per heavy atom. The van der Waals surface area contributed by atoms with E-state index in [9.17, 15) is 33.9 Å². The zero-order valence-electron chi connectivity index (χ0n) is 26.0. The van der Waals surface area contributed by atoms with Crippen LogP contribution in [0.25, 0.3) is 11.1 Å². The van der Waals surface area contributed by atoms with Crippen LogP contribution in [0.5, 0.6) is 0 Å². The van der Waals surface area contributed by atoms with Crippen molar-refractivity contribution in [3.05, 3.63) is 59.7 Å². The fraction of sp³-hybridized carbons (Fsp3) is 0.438. The normalized spacial score (nSPS) is 22.1. The van der Waals surface area contributed by atoms with Gasteiger partial charge in [-0.3, -0.25) is 19.2 Å². The highest BCUT2D eigenvalue weighted by atomic mass is 16.7. The average Bonchev–Trinajstić information content (AvgIpc) is 3.32. The minimum absolute atomic E-state index is 0.0766. The number of amides is 1. The number of esters is 4. The number of rotatable bonds is 12. The van der Waals surface area contributed by atoms with Gasteiger partial charge in [0, 0.05) is 33.6 Å². The highest BCUT2D eigenvalue weighted by molar-refractivity contribution is 5.81. The third kappa shape index (κ3) is 8.83. The van der Waals surface area contributed by atoms with E-state index in [-0.39, 0.29) is 12.5 Å². The lowest BCUT2D eigenvalue weighted by Crippen LogP contribution is -2.63. The highest BCUT2D eigenvalue weighted by Crippen LogP contribution is 2.44. The molecule has 1 aliphatic carbocycles. The second-order valence-electron chi connectivity index (χ2n) is 10.8. The maximum atomic E-state index is 12.8. The number of nitrogens with one attached hydrogen (secondary N) is 1. The maximum Gasteiger partial charge on any atom is 0.407 e. The standard InChI is InChI=1S/C32H35NO14/c1-16(34)41-15-26-27(44-17(2)35)28(45-18(3)36)29(46-19(4)37)31(47-26)42-14-25(30(38)39)33-32(40)43-13-24-22-11-7-5-9-20(22)21-10-6-8-12-23(21)24/h5-12,24-29,31H,13-15H2,1-4H3,(H,33,40)(H,38,39)/t25-,26-,27-,28+,29-,31-/m0/s1. The maximum absolute atomic E-state index is 12.8. The summed E-state index contributed by atoms with van der Waals surface area (Å²) in [5.41, 5.74) is 3.95. The lowest BCUT2D eigenvalue weighted by Gasteiger charge is -2.44. The summed E-state index contributed by atoms with van der Waals surface area (Å²) >= 11 is 0. The van der Waals surface area contributed by atoms with Crippen LogP contribution in [0.1, 0.15) is 44.7 Å². The third-order valence-corrected chi connectivity index (χ3v) is 7.31. The molecular formula is C32H35NO14. The van der Waals surface area contributed by atoms with Crippen molar-refractivity contribution in [2.45, 2.75) is 70.4 Å². The van der Waals surface area contributed by atoms with E-state index in [1.54, 1.807) is 0 Å². The second kappa shape index (κ2) is 15.5. The molecule has 1 fully saturated rings. The number of benzene rings is 2. The Morgan fingerprint density at radius 3 is 1.79 bits per heavy atom.